The number of rotatable bonds is 6. The SMILES string of the molecule is C=CCNCc1nc(C(=O)NC2CC2)no1. The lowest BCUT2D eigenvalue weighted by molar-refractivity contribution is 0.0937. The monoisotopic (exact) mass is 222 g/mol. The van der Waals surface area contributed by atoms with Gasteiger partial charge in [-0.15, -0.1) is 6.58 Å². The molecule has 16 heavy (non-hydrogen) atoms. The Bertz CT molecular complexity index is 384. The van der Waals surface area contributed by atoms with E-state index in [9.17, 15) is 4.79 Å². The summed E-state index contributed by atoms with van der Waals surface area (Å²) in [7, 11) is 0. The smallest absolute Gasteiger partial charge is 0.292 e. The highest BCUT2D eigenvalue weighted by atomic mass is 16.5. The molecule has 2 rings (SSSR count). The molecule has 0 bridgehead atoms. The second kappa shape index (κ2) is 4.89. The van der Waals surface area contributed by atoms with Crippen molar-refractivity contribution in [2.24, 2.45) is 0 Å². The van der Waals surface area contributed by atoms with Gasteiger partial charge in [-0.3, -0.25) is 4.79 Å². The summed E-state index contributed by atoms with van der Waals surface area (Å²) in [6.45, 7) is 4.67. The van der Waals surface area contributed by atoms with Crippen molar-refractivity contribution in [3.05, 3.63) is 24.4 Å². The summed E-state index contributed by atoms with van der Waals surface area (Å²) in [4.78, 5) is 15.5. The molecule has 86 valence electrons. The summed E-state index contributed by atoms with van der Waals surface area (Å²) in [5.41, 5.74) is 0. The van der Waals surface area contributed by atoms with E-state index in [0.717, 1.165) is 12.8 Å². The summed E-state index contributed by atoms with van der Waals surface area (Å²) in [6.07, 6.45) is 3.81. The van der Waals surface area contributed by atoms with Gasteiger partial charge in [0.25, 0.3) is 11.7 Å². The fraction of sp³-hybridized carbons (Fsp3) is 0.500. The van der Waals surface area contributed by atoms with E-state index in [2.05, 4.69) is 27.4 Å². The third-order valence-electron chi connectivity index (χ3n) is 2.15. The van der Waals surface area contributed by atoms with Crippen molar-refractivity contribution in [2.75, 3.05) is 6.54 Å². The molecular weight excluding hydrogens is 208 g/mol. The van der Waals surface area contributed by atoms with Gasteiger partial charge in [-0.2, -0.15) is 4.98 Å². The molecule has 0 aromatic carbocycles. The fourth-order valence-corrected chi connectivity index (χ4v) is 1.18. The third kappa shape index (κ3) is 2.90. The second-order valence-corrected chi connectivity index (χ2v) is 3.68. The van der Waals surface area contributed by atoms with Crippen molar-refractivity contribution in [3.8, 4) is 0 Å². The summed E-state index contributed by atoms with van der Waals surface area (Å²) < 4.78 is 4.92. The molecule has 6 nitrogen and oxygen atoms in total. The molecule has 0 aliphatic heterocycles. The van der Waals surface area contributed by atoms with Crippen molar-refractivity contribution in [2.45, 2.75) is 25.4 Å². The molecule has 1 saturated carbocycles. The molecule has 1 aromatic rings. The zero-order valence-electron chi connectivity index (χ0n) is 8.90. The first-order valence-corrected chi connectivity index (χ1v) is 5.24. The molecule has 1 amide bonds. The minimum Gasteiger partial charge on any atom is -0.346 e. The first kappa shape index (κ1) is 10.8. The van der Waals surface area contributed by atoms with Gasteiger partial charge in [0, 0.05) is 12.6 Å². The van der Waals surface area contributed by atoms with Crippen LogP contribution >= 0.6 is 0 Å². The van der Waals surface area contributed by atoms with Crippen molar-refractivity contribution < 1.29 is 9.32 Å². The van der Waals surface area contributed by atoms with Crippen LogP contribution in [0, 0.1) is 0 Å². The molecule has 2 N–H and O–H groups in total. The van der Waals surface area contributed by atoms with Crippen LogP contribution in [0.3, 0.4) is 0 Å². The number of nitrogens with one attached hydrogen (secondary N) is 2. The lowest BCUT2D eigenvalue weighted by Crippen LogP contribution is -2.26. The third-order valence-corrected chi connectivity index (χ3v) is 2.15. The van der Waals surface area contributed by atoms with Gasteiger partial charge in [0.1, 0.15) is 0 Å². The molecule has 0 atom stereocenters. The summed E-state index contributed by atoms with van der Waals surface area (Å²) in [6, 6.07) is 0.299. The number of nitrogens with zero attached hydrogens (tertiary/aromatic N) is 2. The zero-order valence-corrected chi connectivity index (χ0v) is 8.90. The number of carbonyl (C=O) groups excluding carboxylic acids is 1. The highest BCUT2D eigenvalue weighted by molar-refractivity contribution is 5.90. The highest BCUT2D eigenvalue weighted by Crippen LogP contribution is 2.18. The van der Waals surface area contributed by atoms with Gasteiger partial charge < -0.3 is 15.2 Å². The standard InChI is InChI=1S/C10H14N4O2/c1-2-5-11-6-8-13-9(14-16-8)10(15)12-7-3-4-7/h2,7,11H,1,3-6H2,(H,12,15). The van der Waals surface area contributed by atoms with E-state index in [1.165, 1.54) is 0 Å². The summed E-state index contributed by atoms with van der Waals surface area (Å²) in [5, 5.41) is 9.41. The quantitative estimate of drug-likeness (QED) is 0.532. The minimum absolute atomic E-state index is 0.0994. The second-order valence-electron chi connectivity index (χ2n) is 3.68. The first-order valence-electron chi connectivity index (χ1n) is 5.24. The minimum atomic E-state index is -0.263. The van der Waals surface area contributed by atoms with Crippen LogP contribution in [-0.2, 0) is 6.54 Å². The Morgan fingerprint density at radius 1 is 1.62 bits per heavy atom. The van der Waals surface area contributed by atoms with E-state index in [4.69, 9.17) is 4.52 Å². The van der Waals surface area contributed by atoms with Gasteiger partial charge in [-0.25, -0.2) is 0 Å². The zero-order chi connectivity index (χ0) is 11.4. The van der Waals surface area contributed by atoms with E-state index < -0.39 is 0 Å². The van der Waals surface area contributed by atoms with Gasteiger partial charge in [-0.05, 0) is 12.8 Å². The number of hydrogen-bond donors (Lipinski definition) is 2. The Morgan fingerprint density at radius 2 is 2.44 bits per heavy atom. The van der Waals surface area contributed by atoms with Crippen LogP contribution in [-0.4, -0.2) is 28.6 Å². The number of carbonyl (C=O) groups is 1. The van der Waals surface area contributed by atoms with Crippen LogP contribution in [0.4, 0.5) is 0 Å². The molecule has 1 aromatic heterocycles. The largest absolute Gasteiger partial charge is 0.346 e. The fourth-order valence-electron chi connectivity index (χ4n) is 1.18. The summed E-state index contributed by atoms with van der Waals surface area (Å²) in [5.74, 6) is 0.242. The van der Waals surface area contributed by atoms with E-state index in [1.807, 2.05) is 0 Å². The van der Waals surface area contributed by atoms with Crippen molar-refractivity contribution in [3.63, 3.8) is 0 Å². The van der Waals surface area contributed by atoms with E-state index >= 15 is 0 Å². The Labute approximate surface area is 93.1 Å². The van der Waals surface area contributed by atoms with E-state index in [-0.39, 0.29) is 11.7 Å². The van der Waals surface area contributed by atoms with E-state index in [1.54, 1.807) is 6.08 Å². The molecule has 1 heterocycles. The van der Waals surface area contributed by atoms with Crippen molar-refractivity contribution in [1.82, 2.24) is 20.8 Å². The van der Waals surface area contributed by atoms with Crippen LogP contribution in [0.1, 0.15) is 29.4 Å². The first-order chi connectivity index (χ1) is 7.79. The number of hydrogen-bond acceptors (Lipinski definition) is 5. The predicted octanol–water partition coefficient (Wildman–Crippen LogP) is 0.237. The average molecular weight is 222 g/mol. The number of aromatic nitrogens is 2. The Kier molecular flexibility index (Phi) is 3.31. The molecule has 6 heteroatoms. The highest BCUT2D eigenvalue weighted by Gasteiger charge is 2.25. The number of amides is 1. The van der Waals surface area contributed by atoms with Gasteiger partial charge in [0.2, 0.25) is 5.89 Å². The maximum Gasteiger partial charge on any atom is 0.292 e. The lowest BCUT2D eigenvalue weighted by Gasteiger charge is -1.96. The predicted molar refractivity (Wildman–Crippen MR) is 56.7 cm³/mol. The molecule has 0 saturated heterocycles. The molecule has 0 spiro atoms. The topological polar surface area (TPSA) is 80.0 Å². The van der Waals surface area contributed by atoms with Gasteiger partial charge in [0.15, 0.2) is 0 Å². The normalized spacial score (nSPS) is 14.8. The summed E-state index contributed by atoms with van der Waals surface area (Å²) >= 11 is 0. The molecule has 0 unspecified atom stereocenters. The maximum absolute atomic E-state index is 11.5. The van der Waals surface area contributed by atoms with Gasteiger partial charge >= 0.3 is 0 Å². The van der Waals surface area contributed by atoms with Crippen LogP contribution in [0.2, 0.25) is 0 Å². The van der Waals surface area contributed by atoms with Crippen LogP contribution in [0.5, 0.6) is 0 Å². The molecule has 1 aliphatic carbocycles. The van der Waals surface area contributed by atoms with Gasteiger partial charge in [0.05, 0.1) is 6.54 Å². The van der Waals surface area contributed by atoms with Crippen LogP contribution < -0.4 is 10.6 Å². The lowest BCUT2D eigenvalue weighted by atomic mass is 10.5. The molecule has 1 aliphatic rings. The molecule has 0 radical (unpaired) electrons. The average Bonchev–Trinajstić information content (AvgIpc) is 2.95. The van der Waals surface area contributed by atoms with Gasteiger partial charge in [-0.1, -0.05) is 11.2 Å². The van der Waals surface area contributed by atoms with Crippen LogP contribution in [0.25, 0.3) is 0 Å². The van der Waals surface area contributed by atoms with Crippen molar-refractivity contribution in [1.29, 1.82) is 0 Å². The van der Waals surface area contributed by atoms with E-state index in [0.29, 0.717) is 25.0 Å². The maximum atomic E-state index is 11.5. The Hall–Kier alpha value is -1.69. The molecule has 1 fully saturated rings. The van der Waals surface area contributed by atoms with Crippen LogP contribution in [0.15, 0.2) is 17.2 Å². The molecular formula is C10H14N4O2. The Morgan fingerprint density at radius 3 is 3.12 bits per heavy atom. The Balaban J connectivity index is 1.85. The van der Waals surface area contributed by atoms with Crippen molar-refractivity contribution >= 4 is 5.91 Å².